The smallest absolute Gasteiger partial charge is 0.207 e. The summed E-state index contributed by atoms with van der Waals surface area (Å²) in [5.74, 6) is -0.119. The minimum atomic E-state index is -0.119. The molecule has 3 nitrogen and oxygen atoms in total. The first-order chi connectivity index (χ1) is 6.65. The van der Waals surface area contributed by atoms with Crippen molar-refractivity contribution in [1.29, 1.82) is 0 Å². The number of aromatic nitrogens is 1. The van der Waals surface area contributed by atoms with Crippen molar-refractivity contribution in [1.82, 2.24) is 4.98 Å². The van der Waals surface area contributed by atoms with Gasteiger partial charge in [0, 0.05) is 21.7 Å². The van der Waals surface area contributed by atoms with Crippen LogP contribution in [-0.4, -0.2) is 24.0 Å². The fraction of sp³-hybridized carbons (Fsp3) is 0.333. The van der Waals surface area contributed by atoms with E-state index in [4.69, 9.17) is 4.74 Å². The second-order valence-electron chi connectivity index (χ2n) is 2.54. The molecular formula is C9H9Br2NO2. The summed E-state index contributed by atoms with van der Waals surface area (Å²) >= 11 is 6.53. The Morgan fingerprint density at radius 2 is 2.29 bits per heavy atom. The lowest BCUT2D eigenvalue weighted by atomic mass is 10.2. The van der Waals surface area contributed by atoms with Gasteiger partial charge in [0.05, 0.1) is 0 Å². The zero-order chi connectivity index (χ0) is 10.6. The van der Waals surface area contributed by atoms with Crippen LogP contribution < -0.4 is 0 Å². The van der Waals surface area contributed by atoms with Gasteiger partial charge in [0.25, 0.3) is 0 Å². The van der Waals surface area contributed by atoms with E-state index in [2.05, 4.69) is 36.8 Å². The van der Waals surface area contributed by atoms with Crippen molar-refractivity contribution in [3.63, 3.8) is 0 Å². The van der Waals surface area contributed by atoms with E-state index in [0.29, 0.717) is 16.8 Å². The molecule has 0 aliphatic carbocycles. The Bertz CT molecular complexity index is 342. The molecular weight excluding hydrogens is 314 g/mol. The van der Waals surface area contributed by atoms with Crippen LogP contribution in [0, 0.1) is 0 Å². The molecule has 0 aliphatic rings. The zero-order valence-electron chi connectivity index (χ0n) is 7.59. The SMILES string of the molecule is CCOCC(=O)c1ncc(Br)cc1Br. The summed E-state index contributed by atoms with van der Waals surface area (Å²) in [6, 6.07) is 1.78. The predicted molar refractivity (Wildman–Crippen MR) is 60.5 cm³/mol. The highest BCUT2D eigenvalue weighted by Crippen LogP contribution is 2.19. The molecule has 0 radical (unpaired) electrons. The van der Waals surface area contributed by atoms with E-state index in [1.807, 2.05) is 6.92 Å². The number of pyridine rings is 1. The largest absolute Gasteiger partial charge is 0.374 e. The van der Waals surface area contributed by atoms with Crippen LogP contribution in [0.3, 0.4) is 0 Å². The average Bonchev–Trinajstić information content (AvgIpc) is 2.14. The molecule has 0 amide bonds. The highest BCUT2D eigenvalue weighted by Gasteiger charge is 2.11. The Hall–Kier alpha value is -0.260. The standard InChI is InChI=1S/C9H9Br2NO2/c1-2-14-5-8(13)9-7(11)3-6(10)4-12-9/h3-4H,2,5H2,1H3. The monoisotopic (exact) mass is 321 g/mol. The van der Waals surface area contributed by atoms with Gasteiger partial charge >= 0.3 is 0 Å². The third-order valence-corrected chi connectivity index (χ3v) is 2.55. The van der Waals surface area contributed by atoms with E-state index >= 15 is 0 Å². The van der Waals surface area contributed by atoms with Crippen LogP contribution >= 0.6 is 31.9 Å². The van der Waals surface area contributed by atoms with Crippen molar-refractivity contribution in [2.75, 3.05) is 13.2 Å². The van der Waals surface area contributed by atoms with Crippen molar-refractivity contribution in [2.24, 2.45) is 0 Å². The van der Waals surface area contributed by atoms with E-state index in [1.54, 1.807) is 12.3 Å². The Kier molecular flexibility index (Phi) is 4.71. The number of halogens is 2. The van der Waals surface area contributed by atoms with Crippen LogP contribution in [0.4, 0.5) is 0 Å². The molecule has 5 heteroatoms. The van der Waals surface area contributed by atoms with Crippen LogP contribution in [0.2, 0.25) is 0 Å². The molecule has 0 saturated heterocycles. The van der Waals surface area contributed by atoms with Gasteiger partial charge in [0.2, 0.25) is 5.78 Å². The topological polar surface area (TPSA) is 39.2 Å². The van der Waals surface area contributed by atoms with Gasteiger partial charge in [-0.05, 0) is 44.8 Å². The number of hydrogen-bond donors (Lipinski definition) is 0. The second kappa shape index (κ2) is 5.58. The summed E-state index contributed by atoms with van der Waals surface area (Å²) in [7, 11) is 0. The molecule has 0 N–H and O–H groups in total. The Morgan fingerprint density at radius 1 is 1.57 bits per heavy atom. The lowest BCUT2D eigenvalue weighted by Gasteiger charge is -2.02. The Balaban J connectivity index is 2.80. The maximum atomic E-state index is 11.5. The molecule has 0 spiro atoms. The molecule has 0 bridgehead atoms. The third-order valence-electron chi connectivity index (χ3n) is 1.51. The maximum absolute atomic E-state index is 11.5. The Labute approximate surface area is 99.1 Å². The summed E-state index contributed by atoms with van der Waals surface area (Å²) in [6.45, 7) is 2.45. The van der Waals surface area contributed by atoms with Crippen molar-refractivity contribution >= 4 is 37.6 Å². The van der Waals surface area contributed by atoms with Crippen LogP contribution in [0.15, 0.2) is 21.2 Å². The van der Waals surface area contributed by atoms with Gasteiger partial charge in [0.15, 0.2) is 0 Å². The Morgan fingerprint density at radius 3 is 2.86 bits per heavy atom. The first-order valence-corrected chi connectivity index (χ1v) is 5.65. The number of hydrogen-bond acceptors (Lipinski definition) is 3. The van der Waals surface area contributed by atoms with Gasteiger partial charge in [-0.25, -0.2) is 0 Å². The maximum Gasteiger partial charge on any atom is 0.207 e. The van der Waals surface area contributed by atoms with E-state index in [1.165, 1.54) is 0 Å². The summed E-state index contributed by atoms with van der Waals surface area (Å²) in [5.41, 5.74) is 0.404. The lowest BCUT2D eigenvalue weighted by molar-refractivity contribution is 0.0777. The van der Waals surface area contributed by atoms with E-state index in [9.17, 15) is 4.79 Å². The average molecular weight is 323 g/mol. The fourth-order valence-corrected chi connectivity index (χ4v) is 2.09. The summed E-state index contributed by atoms with van der Waals surface area (Å²) < 4.78 is 6.52. The van der Waals surface area contributed by atoms with Crippen LogP contribution in [0.1, 0.15) is 17.4 Å². The van der Waals surface area contributed by atoms with Gasteiger partial charge in [-0.1, -0.05) is 0 Å². The van der Waals surface area contributed by atoms with E-state index in [0.717, 1.165) is 4.47 Å². The number of ketones is 1. The molecule has 76 valence electrons. The normalized spacial score (nSPS) is 10.2. The van der Waals surface area contributed by atoms with Gasteiger partial charge in [-0.3, -0.25) is 9.78 Å². The molecule has 0 saturated carbocycles. The first-order valence-electron chi connectivity index (χ1n) is 4.07. The van der Waals surface area contributed by atoms with Crippen LogP contribution in [-0.2, 0) is 4.74 Å². The molecule has 1 rings (SSSR count). The molecule has 0 unspecified atom stereocenters. The van der Waals surface area contributed by atoms with Gasteiger partial charge in [-0.15, -0.1) is 0 Å². The molecule has 14 heavy (non-hydrogen) atoms. The van der Waals surface area contributed by atoms with Crippen LogP contribution in [0.5, 0.6) is 0 Å². The number of carbonyl (C=O) groups excluding carboxylic acids is 1. The number of rotatable bonds is 4. The zero-order valence-corrected chi connectivity index (χ0v) is 10.8. The van der Waals surface area contributed by atoms with Gasteiger partial charge < -0.3 is 4.74 Å². The highest BCUT2D eigenvalue weighted by molar-refractivity contribution is 9.11. The lowest BCUT2D eigenvalue weighted by Crippen LogP contribution is -2.11. The molecule has 1 aromatic rings. The molecule has 0 aromatic carbocycles. The number of carbonyl (C=O) groups is 1. The highest BCUT2D eigenvalue weighted by atomic mass is 79.9. The quantitative estimate of drug-likeness (QED) is 0.800. The molecule has 0 fully saturated rings. The van der Waals surface area contributed by atoms with Crippen molar-refractivity contribution < 1.29 is 9.53 Å². The van der Waals surface area contributed by atoms with Crippen molar-refractivity contribution in [2.45, 2.75) is 6.92 Å². The number of ether oxygens (including phenoxy) is 1. The predicted octanol–water partition coefficient (Wildman–Crippen LogP) is 2.83. The minimum absolute atomic E-state index is 0.0731. The third kappa shape index (κ3) is 3.15. The summed E-state index contributed by atoms with van der Waals surface area (Å²) in [4.78, 5) is 15.5. The fourth-order valence-electron chi connectivity index (χ4n) is 0.883. The van der Waals surface area contributed by atoms with Crippen LogP contribution in [0.25, 0.3) is 0 Å². The van der Waals surface area contributed by atoms with Crippen molar-refractivity contribution in [3.05, 3.63) is 26.9 Å². The first kappa shape index (κ1) is 11.8. The van der Waals surface area contributed by atoms with Gasteiger partial charge in [-0.2, -0.15) is 0 Å². The number of Topliss-reactive ketones (excluding diaryl/α,β-unsaturated/α-hetero) is 1. The molecule has 0 atom stereocenters. The summed E-state index contributed by atoms with van der Waals surface area (Å²) in [5, 5.41) is 0. The second-order valence-corrected chi connectivity index (χ2v) is 4.31. The van der Waals surface area contributed by atoms with E-state index < -0.39 is 0 Å². The molecule has 1 aromatic heterocycles. The minimum Gasteiger partial charge on any atom is -0.374 e. The van der Waals surface area contributed by atoms with Crippen molar-refractivity contribution in [3.8, 4) is 0 Å². The molecule has 0 aliphatic heterocycles. The molecule has 1 heterocycles. The van der Waals surface area contributed by atoms with Gasteiger partial charge in [0.1, 0.15) is 12.3 Å². The number of nitrogens with zero attached hydrogens (tertiary/aromatic N) is 1. The van der Waals surface area contributed by atoms with E-state index in [-0.39, 0.29) is 12.4 Å². The summed E-state index contributed by atoms with van der Waals surface area (Å²) in [6.07, 6.45) is 1.59.